The van der Waals surface area contributed by atoms with Gasteiger partial charge in [0.25, 0.3) is 0 Å². The van der Waals surface area contributed by atoms with Crippen molar-refractivity contribution in [3.63, 3.8) is 0 Å². The largest absolute Gasteiger partial charge is 0.395 e. The molecule has 6 N–H and O–H groups in total. The van der Waals surface area contributed by atoms with E-state index in [9.17, 15) is 20.4 Å². The van der Waals surface area contributed by atoms with Crippen molar-refractivity contribution < 1.29 is 30.6 Å². The van der Waals surface area contributed by atoms with Crippen molar-refractivity contribution in [1.29, 1.82) is 0 Å². The van der Waals surface area contributed by atoms with Crippen LogP contribution in [0.15, 0.2) is 18.2 Å². The van der Waals surface area contributed by atoms with Gasteiger partial charge in [0, 0.05) is 13.1 Å². The molecule has 9 nitrogen and oxygen atoms in total. The van der Waals surface area contributed by atoms with Crippen molar-refractivity contribution in [2.45, 2.75) is 37.4 Å². The second-order valence-corrected chi connectivity index (χ2v) is 6.45. The van der Waals surface area contributed by atoms with Gasteiger partial charge in [-0.1, -0.05) is 6.07 Å². The molecule has 0 aliphatic carbocycles. The second kappa shape index (κ2) is 11.5. The van der Waals surface area contributed by atoms with Crippen LogP contribution in [0.25, 0.3) is 0 Å². The van der Waals surface area contributed by atoms with E-state index in [1.807, 2.05) is 18.2 Å². The third kappa shape index (κ3) is 6.53. The first kappa shape index (κ1) is 22.9. The SMILES string of the molecule is CN(Cc1cccc(CN(C)C(CO)C(O)CO)n1)C(CO)C(O)CO. The topological polar surface area (TPSA) is 141 Å². The van der Waals surface area contributed by atoms with Gasteiger partial charge in [-0.3, -0.25) is 14.8 Å². The molecule has 4 atom stereocenters. The summed E-state index contributed by atoms with van der Waals surface area (Å²) in [5, 5.41) is 56.5. The number of hydrogen-bond acceptors (Lipinski definition) is 9. The Bertz CT molecular complexity index is 480. The molecule has 26 heavy (non-hydrogen) atoms. The standard InChI is InChI=1S/C17H31N3O6/c1-19(14(8-21)16(25)10-23)6-12-4-3-5-13(18-12)7-20(2)15(9-22)17(26)11-24/h3-5,14-17,21-26H,6-11H2,1-2H3. The van der Waals surface area contributed by atoms with E-state index in [2.05, 4.69) is 4.98 Å². The van der Waals surface area contributed by atoms with Crippen LogP contribution in [-0.2, 0) is 13.1 Å². The molecule has 1 rings (SSSR count). The van der Waals surface area contributed by atoms with Gasteiger partial charge in [-0.25, -0.2) is 0 Å². The van der Waals surface area contributed by atoms with E-state index in [0.717, 1.165) is 0 Å². The monoisotopic (exact) mass is 373 g/mol. The number of nitrogens with zero attached hydrogens (tertiary/aromatic N) is 3. The van der Waals surface area contributed by atoms with Crippen molar-refractivity contribution in [1.82, 2.24) is 14.8 Å². The van der Waals surface area contributed by atoms with Gasteiger partial charge >= 0.3 is 0 Å². The highest BCUT2D eigenvalue weighted by atomic mass is 16.3. The molecule has 0 spiro atoms. The molecule has 0 fully saturated rings. The molecule has 0 amide bonds. The predicted molar refractivity (Wildman–Crippen MR) is 95.1 cm³/mol. The summed E-state index contributed by atoms with van der Waals surface area (Å²) in [5.41, 5.74) is 1.43. The van der Waals surface area contributed by atoms with Gasteiger partial charge in [0.1, 0.15) is 0 Å². The molecule has 0 aliphatic rings. The fourth-order valence-electron chi connectivity index (χ4n) is 2.80. The van der Waals surface area contributed by atoms with Gasteiger partial charge in [-0.15, -0.1) is 0 Å². The van der Waals surface area contributed by atoms with Crippen molar-refractivity contribution in [2.24, 2.45) is 0 Å². The summed E-state index contributed by atoms with van der Waals surface area (Å²) in [6, 6.07) is 4.24. The summed E-state index contributed by atoms with van der Waals surface area (Å²) in [7, 11) is 3.44. The van der Waals surface area contributed by atoms with E-state index in [1.165, 1.54) is 0 Å². The molecule has 1 aromatic heterocycles. The number of rotatable bonds is 12. The molecule has 0 saturated heterocycles. The van der Waals surface area contributed by atoms with Gasteiger partial charge < -0.3 is 30.6 Å². The molecular weight excluding hydrogens is 342 g/mol. The minimum absolute atomic E-state index is 0.294. The third-order valence-corrected chi connectivity index (χ3v) is 4.46. The Kier molecular flexibility index (Phi) is 10.1. The molecule has 1 heterocycles. The zero-order valence-electron chi connectivity index (χ0n) is 15.3. The van der Waals surface area contributed by atoms with Crippen LogP contribution < -0.4 is 0 Å². The normalized spacial score (nSPS) is 16.7. The van der Waals surface area contributed by atoms with E-state index in [4.69, 9.17) is 10.2 Å². The van der Waals surface area contributed by atoms with Crippen molar-refractivity contribution in [2.75, 3.05) is 40.5 Å². The van der Waals surface area contributed by atoms with Gasteiger partial charge in [-0.2, -0.15) is 0 Å². The molecule has 0 radical (unpaired) electrons. The van der Waals surface area contributed by atoms with Crippen LogP contribution in [0.1, 0.15) is 11.4 Å². The highest BCUT2D eigenvalue weighted by Crippen LogP contribution is 2.11. The van der Waals surface area contributed by atoms with Crippen LogP contribution in [0.4, 0.5) is 0 Å². The first-order valence-corrected chi connectivity index (χ1v) is 8.52. The van der Waals surface area contributed by atoms with Crippen LogP contribution in [0.5, 0.6) is 0 Å². The molecule has 0 aromatic carbocycles. The molecule has 0 bridgehead atoms. The van der Waals surface area contributed by atoms with E-state index in [-0.39, 0.29) is 13.2 Å². The number of aromatic nitrogens is 1. The Morgan fingerprint density at radius 2 is 1.15 bits per heavy atom. The Balaban J connectivity index is 2.78. The van der Waals surface area contributed by atoms with Crippen molar-refractivity contribution in [3.05, 3.63) is 29.6 Å². The molecule has 150 valence electrons. The number of likely N-dealkylation sites (N-methyl/N-ethyl adjacent to an activating group) is 2. The quantitative estimate of drug-likeness (QED) is 0.232. The Morgan fingerprint density at radius 1 is 0.769 bits per heavy atom. The Morgan fingerprint density at radius 3 is 1.46 bits per heavy atom. The average Bonchev–Trinajstić information content (AvgIpc) is 2.62. The van der Waals surface area contributed by atoms with E-state index in [1.54, 1.807) is 23.9 Å². The minimum atomic E-state index is -1.05. The number of hydrogen-bond donors (Lipinski definition) is 6. The lowest BCUT2D eigenvalue weighted by Gasteiger charge is -2.30. The molecule has 1 aromatic rings. The van der Waals surface area contributed by atoms with Gasteiger partial charge in [-0.05, 0) is 26.2 Å². The molecule has 0 saturated carbocycles. The molecule has 0 aliphatic heterocycles. The van der Waals surface area contributed by atoms with Crippen molar-refractivity contribution in [3.8, 4) is 0 Å². The summed E-state index contributed by atoms with van der Waals surface area (Å²) in [4.78, 5) is 7.94. The Labute approximate surface area is 153 Å². The lowest BCUT2D eigenvalue weighted by atomic mass is 10.1. The number of aliphatic hydroxyl groups is 6. The zero-order chi connectivity index (χ0) is 19.7. The van der Waals surface area contributed by atoms with Crippen LogP contribution in [0, 0.1) is 0 Å². The van der Waals surface area contributed by atoms with Crippen LogP contribution in [0.2, 0.25) is 0 Å². The van der Waals surface area contributed by atoms with Gasteiger partial charge in [0.15, 0.2) is 0 Å². The highest BCUT2D eigenvalue weighted by Gasteiger charge is 2.24. The lowest BCUT2D eigenvalue weighted by Crippen LogP contribution is -2.45. The fraction of sp³-hybridized carbons (Fsp3) is 0.706. The van der Waals surface area contributed by atoms with E-state index in [0.29, 0.717) is 24.5 Å². The maximum absolute atomic E-state index is 9.76. The van der Waals surface area contributed by atoms with Crippen LogP contribution >= 0.6 is 0 Å². The third-order valence-electron chi connectivity index (χ3n) is 4.46. The summed E-state index contributed by atoms with van der Waals surface area (Å²) >= 11 is 0. The Hall–Kier alpha value is -1.17. The van der Waals surface area contributed by atoms with Gasteiger partial charge in [0.2, 0.25) is 0 Å². The first-order chi connectivity index (χ1) is 12.4. The fourth-order valence-corrected chi connectivity index (χ4v) is 2.80. The summed E-state index contributed by atoms with van der Waals surface area (Å²) in [5.74, 6) is 0. The minimum Gasteiger partial charge on any atom is -0.395 e. The lowest BCUT2D eigenvalue weighted by molar-refractivity contribution is -0.00765. The highest BCUT2D eigenvalue weighted by molar-refractivity contribution is 5.11. The van der Waals surface area contributed by atoms with E-state index < -0.39 is 37.5 Å². The molecular formula is C17H31N3O6. The average molecular weight is 373 g/mol. The summed E-state index contributed by atoms with van der Waals surface area (Å²) < 4.78 is 0. The zero-order valence-corrected chi connectivity index (χ0v) is 15.3. The maximum Gasteiger partial charge on any atom is 0.0947 e. The number of pyridine rings is 1. The molecule has 9 heteroatoms. The second-order valence-electron chi connectivity index (χ2n) is 6.45. The maximum atomic E-state index is 9.76. The first-order valence-electron chi connectivity index (χ1n) is 8.52. The number of aliphatic hydroxyl groups excluding tert-OH is 6. The predicted octanol–water partition coefficient (Wildman–Crippen LogP) is -2.63. The summed E-state index contributed by atoms with van der Waals surface area (Å²) in [6.07, 6.45) is -2.10. The van der Waals surface area contributed by atoms with Crippen LogP contribution in [-0.4, -0.2) is 110 Å². The van der Waals surface area contributed by atoms with Crippen molar-refractivity contribution >= 4 is 0 Å². The van der Waals surface area contributed by atoms with E-state index >= 15 is 0 Å². The van der Waals surface area contributed by atoms with Crippen LogP contribution in [0.3, 0.4) is 0 Å². The van der Waals surface area contributed by atoms with Gasteiger partial charge in [0.05, 0.1) is 62.1 Å². The smallest absolute Gasteiger partial charge is 0.0947 e. The summed E-state index contributed by atoms with van der Waals surface area (Å²) in [6.45, 7) is -0.742. The molecule has 4 unspecified atom stereocenters.